The molecular weight excluding hydrogens is 477 g/mol. The zero-order chi connectivity index (χ0) is 25.8. The topological polar surface area (TPSA) is 95.7 Å². The van der Waals surface area contributed by atoms with Crippen LogP contribution in [0.3, 0.4) is 0 Å². The van der Waals surface area contributed by atoms with Gasteiger partial charge in [0, 0.05) is 29.3 Å². The number of hydrogen-bond donors (Lipinski definition) is 2. The number of amides is 1. The molecule has 3 N–H and O–H groups in total. The Bertz CT molecular complexity index is 1140. The number of carbonyl (C=O) groups excluding carboxylic acids is 1. The highest BCUT2D eigenvalue weighted by Crippen LogP contribution is 2.55. The van der Waals surface area contributed by atoms with Crippen LogP contribution in [-0.2, 0) is 19.8 Å². The van der Waals surface area contributed by atoms with Crippen LogP contribution in [0.4, 0.5) is 27.6 Å². The lowest BCUT2D eigenvalue weighted by atomic mass is 9.77. The Morgan fingerprint density at radius 3 is 2.51 bits per heavy atom. The number of benzene rings is 1. The van der Waals surface area contributed by atoms with Crippen molar-refractivity contribution in [3.63, 3.8) is 0 Å². The summed E-state index contributed by atoms with van der Waals surface area (Å²) in [5, 5.41) is 2.54. The number of hydrogen-bond acceptors (Lipinski definition) is 6. The summed E-state index contributed by atoms with van der Waals surface area (Å²) in [6.07, 6.45) is -5.16. The van der Waals surface area contributed by atoms with Gasteiger partial charge in [0.05, 0.1) is 26.0 Å². The molecule has 2 aliphatic heterocycles. The number of carbonyl (C=O) groups is 1. The maximum absolute atomic E-state index is 14.4. The molecule has 3 heterocycles. The van der Waals surface area contributed by atoms with Crippen molar-refractivity contribution in [2.75, 3.05) is 25.6 Å². The molecule has 2 fully saturated rings. The monoisotopic (exact) mass is 501 g/mol. The number of anilines is 1. The van der Waals surface area contributed by atoms with Crippen molar-refractivity contribution in [3.8, 4) is 5.75 Å². The Hall–Kier alpha value is -2.83. The third-order valence-corrected chi connectivity index (χ3v) is 6.83. The Labute approximate surface area is 197 Å². The minimum Gasteiger partial charge on any atom is -0.493 e. The van der Waals surface area contributed by atoms with E-state index in [9.17, 15) is 26.7 Å². The van der Waals surface area contributed by atoms with E-state index in [1.54, 1.807) is 0 Å². The second-order valence-electron chi connectivity index (χ2n) is 9.01. The summed E-state index contributed by atoms with van der Waals surface area (Å²) in [6, 6.07) is 4.81. The predicted molar refractivity (Wildman–Crippen MR) is 114 cm³/mol. The van der Waals surface area contributed by atoms with E-state index in [0.29, 0.717) is 5.69 Å². The molecule has 0 bridgehead atoms. The predicted octanol–water partition coefficient (Wildman–Crippen LogP) is 3.63. The zero-order valence-corrected chi connectivity index (χ0v) is 19.1. The van der Waals surface area contributed by atoms with Gasteiger partial charge in [-0.15, -0.1) is 0 Å². The van der Waals surface area contributed by atoms with Gasteiger partial charge in [0.1, 0.15) is 11.6 Å². The zero-order valence-electron chi connectivity index (χ0n) is 19.1. The van der Waals surface area contributed by atoms with Gasteiger partial charge in [-0.3, -0.25) is 9.78 Å². The molecule has 0 aliphatic carbocycles. The number of methoxy groups -OCH3 is 1. The molecule has 1 aromatic heterocycles. The van der Waals surface area contributed by atoms with Crippen LogP contribution in [0.25, 0.3) is 0 Å². The summed E-state index contributed by atoms with van der Waals surface area (Å²) >= 11 is 0. The lowest BCUT2D eigenvalue weighted by Crippen LogP contribution is -2.54. The largest absolute Gasteiger partial charge is 0.493 e. The van der Waals surface area contributed by atoms with Crippen molar-refractivity contribution < 1.29 is 41.0 Å². The Morgan fingerprint density at radius 1 is 1.26 bits per heavy atom. The van der Waals surface area contributed by atoms with Crippen molar-refractivity contribution in [1.29, 1.82) is 0 Å². The summed E-state index contributed by atoms with van der Waals surface area (Å²) in [4.78, 5) is 17.4. The molecular formula is C23H24F5N3O4. The molecule has 7 nitrogen and oxygen atoms in total. The maximum atomic E-state index is 14.4. The van der Waals surface area contributed by atoms with Crippen LogP contribution in [0, 0.1) is 17.6 Å². The number of halogens is 5. The molecule has 4 rings (SSSR count). The smallest absolute Gasteiger partial charge is 0.417 e. The van der Waals surface area contributed by atoms with Crippen molar-refractivity contribution >= 4 is 11.6 Å². The first-order chi connectivity index (χ1) is 16.3. The highest BCUT2D eigenvalue weighted by atomic mass is 19.4. The average molecular weight is 501 g/mol. The van der Waals surface area contributed by atoms with E-state index in [1.165, 1.54) is 25.3 Å². The van der Waals surface area contributed by atoms with E-state index < -0.39 is 58.5 Å². The molecule has 1 aromatic carbocycles. The maximum Gasteiger partial charge on any atom is 0.417 e. The fourth-order valence-corrected chi connectivity index (χ4v) is 4.50. The van der Waals surface area contributed by atoms with Gasteiger partial charge in [-0.05, 0) is 25.1 Å². The second-order valence-corrected chi connectivity index (χ2v) is 9.01. The summed E-state index contributed by atoms with van der Waals surface area (Å²) in [5.41, 5.74) is 3.13. The molecule has 190 valence electrons. The molecule has 0 spiro atoms. The van der Waals surface area contributed by atoms with E-state index in [1.807, 2.05) is 0 Å². The first-order valence-electron chi connectivity index (χ1n) is 10.7. The van der Waals surface area contributed by atoms with E-state index in [0.717, 1.165) is 26.2 Å². The minimum atomic E-state index is -4.86. The van der Waals surface area contributed by atoms with Crippen molar-refractivity contribution in [2.45, 2.75) is 43.2 Å². The Balaban J connectivity index is 1.72. The van der Waals surface area contributed by atoms with Crippen LogP contribution in [0.15, 0.2) is 30.5 Å². The Morgan fingerprint density at radius 2 is 1.94 bits per heavy atom. The fraction of sp³-hybridized carbons (Fsp3) is 0.478. The molecule has 4 atom stereocenters. The first kappa shape index (κ1) is 25.3. The third-order valence-electron chi connectivity index (χ3n) is 6.83. The summed E-state index contributed by atoms with van der Waals surface area (Å²) < 4.78 is 85.8. The molecule has 12 heteroatoms. The minimum absolute atomic E-state index is 0.116. The fourth-order valence-electron chi connectivity index (χ4n) is 4.50. The van der Waals surface area contributed by atoms with E-state index in [4.69, 9.17) is 19.9 Å². The number of pyridine rings is 1. The van der Waals surface area contributed by atoms with Crippen LogP contribution in [-0.4, -0.2) is 49.1 Å². The molecule has 2 saturated heterocycles. The lowest BCUT2D eigenvalue weighted by molar-refractivity contribution is -0.272. The van der Waals surface area contributed by atoms with Crippen LogP contribution in [0.5, 0.6) is 5.75 Å². The van der Waals surface area contributed by atoms with Gasteiger partial charge in [-0.2, -0.15) is 17.6 Å². The van der Waals surface area contributed by atoms with Crippen LogP contribution < -0.4 is 15.8 Å². The van der Waals surface area contributed by atoms with Gasteiger partial charge < -0.3 is 25.3 Å². The molecule has 0 unspecified atom stereocenters. The molecule has 0 saturated carbocycles. The SMILES string of the molecule is COc1c([C@H]2[C@H](C(=O)Nc3ccnc(C4(N)COC4)c3)O[C@@](C)(C(F)(F)F)[C@H]2C)ccc(F)c1F. The van der Waals surface area contributed by atoms with Gasteiger partial charge in [-0.25, -0.2) is 4.39 Å². The molecule has 2 aromatic rings. The van der Waals surface area contributed by atoms with Crippen molar-refractivity contribution in [1.82, 2.24) is 4.98 Å². The third kappa shape index (κ3) is 4.13. The second kappa shape index (κ2) is 8.68. The van der Waals surface area contributed by atoms with E-state index >= 15 is 0 Å². The van der Waals surface area contributed by atoms with Crippen LogP contribution >= 0.6 is 0 Å². The van der Waals surface area contributed by atoms with Gasteiger partial charge in [-0.1, -0.05) is 13.0 Å². The van der Waals surface area contributed by atoms with E-state index in [2.05, 4.69) is 10.3 Å². The number of ether oxygens (including phenoxy) is 3. The molecule has 35 heavy (non-hydrogen) atoms. The summed E-state index contributed by atoms with van der Waals surface area (Å²) in [7, 11) is 1.06. The quantitative estimate of drug-likeness (QED) is 0.608. The van der Waals surface area contributed by atoms with Crippen molar-refractivity contribution in [2.24, 2.45) is 11.7 Å². The summed E-state index contributed by atoms with van der Waals surface area (Å²) in [6.45, 7) is 2.51. The number of nitrogens with two attached hydrogens (primary N) is 1. The lowest BCUT2D eigenvalue weighted by Gasteiger charge is -2.37. The number of aromatic nitrogens is 1. The van der Waals surface area contributed by atoms with Crippen LogP contribution in [0.1, 0.15) is 31.0 Å². The molecule has 1 amide bonds. The highest BCUT2D eigenvalue weighted by Gasteiger charge is 2.66. The standard InChI is InChI=1S/C23H24F5N3O4/c1-11-16(13-4-5-14(24)17(25)18(13)33-3)19(35-21(11,2)23(26,27)28)20(32)31-12-6-7-30-15(8-12)22(29)9-34-10-22/h4-8,11,16,19H,9-10,29H2,1-3H3,(H,30,31,32)/t11-,16-,19+,21+/m0/s1. The number of rotatable bonds is 5. The molecule has 0 radical (unpaired) electrons. The number of nitrogens with one attached hydrogen (secondary N) is 1. The van der Waals surface area contributed by atoms with Crippen molar-refractivity contribution in [3.05, 3.63) is 53.4 Å². The molecule has 2 aliphatic rings. The highest BCUT2D eigenvalue weighted by molar-refractivity contribution is 5.95. The first-order valence-corrected chi connectivity index (χ1v) is 10.7. The Kier molecular flexibility index (Phi) is 6.27. The van der Waals surface area contributed by atoms with Gasteiger partial charge in [0.25, 0.3) is 5.91 Å². The summed E-state index contributed by atoms with van der Waals surface area (Å²) in [5.74, 6) is -6.77. The number of alkyl halides is 3. The normalized spacial score (nSPS) is 27.9. The van der Waals surface area contributed by atoms with Gasteiger partial charge >= 0.3 is 6.18 Å². The van der Waals surface area contributed by atoms with E-state index in [-0.39, 0.29) is 24.5 Å². The average Bonchev–Trinajstić information content (AvgIpc) is 3.06. The van der Waals surface area contributed by atoms with Gasteiger partial charge in [0.2, 0.25) is 5.82 Å². The number of nitrogens with zero attached hydrogens (tertiary/aromatic N) is 1. The van der Waals surface area contributed by atoms with Crippen LogP contribution in [0.2, 0.25) is 0 Å². The van der Waals surface area contributed by atoms with Gasteiger partial charge in [0.15, 0.2) is 17.2 Å².